The SMILES string of the molecule is C/C=C(C)/C=C(\C)C(O)C(C)C(O)[C@H]1OC(=O)/C(CCCCCC)=C\c2coc(n2)[C@H](C)[C@H](O)C[C@H](O)/C=C\C=C/C[C@@H]1O. The van der Waals surface area contributed by atoms with Crippen molar-refractivity contribution in [1.82, 2.24) is 4.98 Å². The molecule has 3 unspecified atom stereocenters. The van der Waals surface area contributed by atoms with Gasteiger partial charge in [-0.05, 0) is 51.7 Å². The Labute approximate surface area is 262 Å². The second kappa shape index (κ2) is 18.9. The predicted molar refractivity (Wildman–Crippen MR) is 171 cm³/mol. The lowest BCUT2D eigenvalue weighted by Crippen LogP contribution is -2.47. The second-order valence-corrected chi connectivity index (χ2v) is 12.0. The van der Waals surface area contributed by atoms with Crippen LogP contribution in [0.3, 0.4) is 0 Å². The van der Waals surface area contributed by atoms with E-state index in [1.165, 1.54) is 12.3 Å². The number of fused-ring (bicyclic) bond motifs is 2. The molecule has 0 aliphatic carbocycles. The first-order valence-electron chi connectivity index (χ1n) is 15.8. The summed E-state index contributed by atoms with van der Waals surface area (Å²) in [6.45, 7) is 11.1. The van der Waals surface area contributed by atoms with Crippen molar-refractivity contribution in [3.8, 4) is 0 Å². The van der Waals surface area contributed by atoms with Gasteiger partial charge in [-0.25, -0.2) is 9.78 Å². The van der Waals surface area contributed by atoms with Crippen molar-refractivity contribution >= 4 is 12.0 Å². The van der Waals surface area contributed by atoms with E-state index in [4.69, 9.17) is 9.15 Å². The summed E-state index contributed by atoms with van der Waals surface area (Å²) in [4.78, 5) is 18.1. The van der Waals surface area contributed by atoms with Gasteiger partial charge in [0, 0.05) is 17.9 Å². The lowest BCUT2D eigenvalue weighted by Gasteiger charge is -2.33. The van der Waals surface area contributed by atoms with E-state index in [-0.39, 0.29) is 18.7 Å². The number of unbranched alkanes of at least 4 members (excludes halogenated alkanes) is 3. The van der Waals surface area contributed by atoms with Crippen LogP contribution >= 0.6 is 0 Å². The predicted octanol–water partition coefficient (Wildman–Crippen LogP) is 5.30. The van der Waals surface area contributed by atoms with E-state index in [0.29, 0.717) is 23.3 Å². The van der Waals surface area contributed by atoms with Gasteiger partial charge in [0.05, 0.1) is 36.4 Å². The molecule has 2 bridgehead atoms. The number of aliphatic hydroxyl groups is 5. The summed E-state index contributed by atoms with van der Waals surface area (Å²) < 4.78 is 11.5. The molecule has 0 amide bonds. The van der Waals surface area contributed by atoms with Gasteiger partial charge in [0.2, 0.25) is 0 Å². The molecule has 0 saturated heterocycles. The first-order valence-corrected chi connectivity index (χ1v) is 15.8. The van der Waals surface area contributed by atoms with Crippen LogP contribution < -0.4 is 0 Å². The fourth-order valence-electron chi connectivity index (χ4n) is 5.05. The number of hydrogen-bond acceptors (Lipinski definition) is 9. The van der Waals surface area contributed by atoms with Gasteiger partial charge in [0.25, 0.3) is 0 Å². The lowest BCUT2D eigenvalue weighted by atomic mass is 9.87. The molecule has 1 aromatic heterocycles. The average molecular weight is 616 g/mol. The van der Waals surface area contributed by atoms with E-state index in [1.807, 2.05) is 26.0 Å². The number of cyclic esters (lactones) is 1. The van der Waals surface area contributed by atoms with E-state index in [2.05, 4.69) is 11.9 Å². The molecule has 0 spiro atoms. The maximum absolute atomic E-state index is 13.7. The molecule has 0 fully saturated rings. The highest BCUT2D eigenvalue weighted by Crippen LogP contribution is 2.27. The monoisotopic (exact) mass is 615 g/mol. The summed E-state index contributed by atoms with van der Waals surface area (Å²) >= 11 is 0. The van der Waals surface area contributed by atoms with E-state index >= 15 is 0 Å². The van der Waals surface area contributed by atoms with Gasteiger partial charge in [-0.3, -0.25) is 0 Å². The van der Waals surface area contributed by atoms with Crippen LogP contribution in [0, 0.1) is 5.92 Å². The van der Waals surface area contributed by atoms with Crippen LogP contribution in [0.5, 0.6) is 0 Å². The van der Waals surface area contributed by atoms with Crippen molar-refractivity contribution in [2.24, 2.45) is 5.92 Å². The number of allylic oxidation sites excluding steroid dienone is 5. The molecule has 0 aromatic carbocycles. The normalized spacial score (nSPS) is 29.4. The van der Waals surface area contributed by atoms with E-state index in [1.54, 1.807) is 45.1 Å². The van der Waals surface area contributed by atoms with Gasteiger partial charge >= 0.3 is 5.97 Å². The fourth-order valence-corrected chi connectivity index (χ4v) is 5.05. The van der Waals surface area contributed by atoms with Gasteiger partial charge in [0.15, 0.2) is 12.0 Å². The minimum absolute atomic E-state index is 0.0343. The summed E-state index contributed by atoms with van der Waals surface area (Å²) in [7, 11) is 0. The number of oxazole rings is 1. The maximum Gasteiger partial charge on any atom is 0.334 e. The van der Waals surface area contributed by atoms with Crippen LogP contribution in [0.4, 0.5) is 0 Å². The Morgan fingerprint density at radius 3 is 2.52 bits per heavy atom. The molecule has 1 aromatic rings. The van der Waals surface area contributed by atoms with E-state index in [9.17, 15) is 30.3 Å². The highest BCUT2D eigenvalue weighted by atomic mass is 16.6. The first-order chi connectivity index (χ1) is 20.9. The smallest absolute Gasteiger partial charge is 0.334 e. The summed E-state index contributed by atoms with van der Waals surface area (Å²) in [5, 5.41) is 54.7. The highest BCUT2D eigenvalue weighted by Gasteiger charge is 2.37. The van der Waals surface area contributed by atoms with Gasteiger partial charge in [-0.2, -0.15) is 0 Å². The number of aliphatic hydroxyl groups excluding tert-OH is 5. The Bertz CT molecular complexity index is 1180. The van der Waals surface area contributed by atoms with Crippen LogP contribution in [0.2, 0.25) is 0 Å². The molecule has 44 heavy (non-hydrogen) atoms. The molecule has 8 atom stereocenters. The topological polar surface area (TPSA) is 153 Å². The number of esters is 1. The Kier molecular flexibility index (Phi) is 16.0. The zero-order valence-electron chi connectivity index (χ0n) is 27.1. The number of nitrogens with zero attached hydrogens (tertiary/aromatic N) is 1. The third-order valence-corrected chi connectivity index (χ3v) is 8.20. The average Bonchev–Trinajstić information content (AvgIpc) is 3.47. The Morgan fingerprint density at radius 2 is 1.84 bits per heavy atom. The minimum Gasteiger partial charge on any atom is -0.453 e. The van der Waals surface area contributed by atoms with Crippen molar-refractivity contribution in [1.29, 1.82) is 0 Å². The summed E-state index contributed by atoms with van der Waals surface area (Å²) in [5.74, 6) is -1.72. The molecule has 246 valence electrons. The number of rotatable bonds is 10. The second-order valence-electron chi connectivity index (χ2n) is 12.0. The molecule has 2 rings (SSSR count). The molecule has 5 N–H and O–H groups in total. The molecule has 0 radical (unpaired) electrons. The zero-order valence-corrected chi connectivity index (χ0v) is 27.1. The summed E-state index contributed by atoms with van der Waals surface area (Å²) in [5.41, 5.74) is 2.26. The van der Waals surface area contributed by atoms with Crippen LogP contribution in [-0.4, -0.2) is 73.1 Å². The third kappa shape index (κ3) is 11.6. The number of carbonyl (C=O) groups is 1. The lowest BCUT2D eigenvalue weighted by molar-refractivity contribution is -0.165. The number of ether oxygens (including phenoxy) is 1. The maximum atomic E-state index is 13.7. The number of hydrogen-bond donors (Lipinski definition) is 5. The molecule has 0 saturated carbocycles. The molecular weight excluding hydrogens is 562 g/mol. The van der Waals surface area contributed by atoms with Crippen molar-refractivity contribution in [2.75, 3.05) is 0 Å². The largest absolute Gasteiger partial charge is 0.453 e. The van der Waals surface area contributed by atoms with Crippen LogP contribution in [0.1, 0.15) is 104 Å². The minimum atomic E-state index is -1.39. The zero-order chi connectivity index (χ0) is 32.8. The highest BCUT2D eigenvalue weighted by molar-refractivity contribution is 5.93. The van der Waals surface area contributed by atoms with Gasteiger partial charge < -0.3 is 34.7 Å². The van der Waals surface area contributed by atoms with Gasteiger partial charge in [-0.1, -0.05) is 82.1 Å². The Balaban J connectivity index is 2.50. The molecule has 2 heterocycles. The third-order valence-electron chi connectivity index (χ3n) is 8.20. The van der Waals surface area contributed by atoms with Crippen LogP contribution in [0.15, 0.2) is 63.9 Å². The molecular formula is C35H53NO8. The Morgan fingerprint density at radius 1 is 1.11 bits per heavy atom. The summed E-state index contributed by atoms with van der Waals surface area (Å²) in [6, 6.07) is 0. The van der Waals surface area contributed by atoms with Crippen molar-refractivity contribution in [3.05, 3.63) is 71.0 Å². The van der Waals surface area contributed by atoms with Crippen molar-refractivity contribution in [2.45, 2.75) is 129 Å². The quantitative estimate of drug-likeness (QED) is 0.134. The first kappa shape index (κ1) is 37.4. The molecule has 1 aliphatic rings. The molecule has 1 aliphatic heterocycles. The van der Waals surface area contributed by atoms with E-state index in [0.717, 1.165) is 31.3 Å². The number of carbonyl (C=O) groups excluding carboxylic acids is 1. The van der Waals surface area contributed by atoms with Gasteiger partial charge in [-0.15, -0.1) is 0 Å². The summed E-state index contributed by atoms with van der Waals surface area (Å²) in [6.07, 6.45) is 10.3. The Hall–Kier alpha value is -2.82. The van der Waals surface area contributed by atoms with Crippen molar-refractivity contribution < 1.29 is 39.5 Å². The standard InChI is InChI=1S/C35H53NO8/c1-7-9-10-12-15-26-19-27-21-43-34(36-27)24(5)30(39)20-28(37)16-13-11-14-17-29(38)33(44-35(26)42)32(41)25(6)31(40)23(4)18-22(3)8-2/h8,11,13-14,16,18-19,21,24-25,28-33,37-41H,7,9-10,12,15,17,20H2,1-6H3/b14-11-,16-13-,22-8+,23-18+,26-19-/t24-,25?,28-,29+,30-,31?,32?,33+/m1/s1. The molecule has 9 nitrogen and oxygen atoms in total. The van der Waals surface area contributed by atoms with Crippen molar-refractivity contribution in [3.63, 3.8) is 0 Å². The van der Waals surface area contributed by atoms with Gasteiger partial charge in [0.1, 0.15) is 12.0 Å². The molecule has 9 heteroatoms. The number of aromatic nitrogens is 1. The van der Waals surface area contributed by atoms with Crippen LogP contribution in [-0.2, 0) is 9.53 Å². The van der Waals surface area contributed by atoms with E-state index < -0.39 is 54.4 Å². The van der Waals surface area contributed by atoms with Crippen LogP contribution in [0.25, 0.3) is 6.08 Å². The fraction of sp³-hybridized carbons (Fsp3) is 0.600.